The average Bonchev–Trinajstić information content (AvgIpc) is 2.85. The van der Waals surface area contributed by atoms with Crippen LogP contribution in [0.5, 0.6) is 0 Å². The highest BCUT2D eigenvalue weighted by molar-refractivity contribution is 14.2. The lowest BCUT2D eigenvalue weighted by Crippen LogP contribution is -1.89. The number of pyridine rings is 2. The zero-order valence-electron chi connectivity index (χ0n) is 10.8. The summed E-state index contributed by atoms with van der Waals surface area (Å²) in [5.74, 6) is 0. The molecule has 0 aliphatic heterocycles. The van der Waals surface area contributed by atoms with Gasteiger partial charge in [-0.1, -0.05) is 6.58 Å². The number of rotatable bonds is 3. The van der Waals surface area contributed by atoms with Crippen LogP contribution in [0.2, 0.25) is 0 Å². The first-order valence-corrected chi connectivity index (χ1v) is 10.1. The van der Waals surface area contributed by atoms with Crippen molar-refractivity contribution in [1.82, 2.24) is 19.5 Å². The fourth-order valence-corrected chi connectivity index (χ4v) is 3.65. The Balaban J connectivity index is 2.25. The second-order valence-electron chi connectivity index (χ2n) is 4.36. The van der Waals surface area contributed by atoms with Gasteiger partial charge in [0.1, 0.15) is 0 Å². The van der Waals surface area contributed by atoms with Gasteiger partial charge in [0.25, 0.3) is 0 Å². The quantitative estimate of drug-likeness (QED) is 0.493. The van der Waals surface area contributed by atoms with E-state index in [9.17, 15) is 0 Å². The van der Waals surface area contributed by atoms with Crippen molar-refractivity contribution in [1.29, 1.82) is 0 Å². The van der Waals surface area contributed by atoms with Gasteiger partial charge in [-0.3, -0.25) is 9.97 Å². The lowest BCUT2D eigenvalue weighted by atomic mass is 10.1. The van der Waals surface area contributed by atoms with Gasteiger partial charge in [-0.25, -0.2) is 4.45 Å². The molecular weight excluding hydrogens is 382 g/mol. The lowest BCUT2D eigenvalue weighted by Gasteiger charge is -2.04. The summed E-state index contributed by atoms with van der Waals surface area (Å²) in [6.07, 6.45) is 7.85. The number of hydrogen-bond acceptors (Lipinski definition) is 3. The number of fused-ring (bicyclic) bond motifs is 1. The van der Waals surface area contributed by atoms with Crippen LogP contribution in [0.1, 0.15) is 11.3 Å². The molecule has 1 unspecified atom stereocenters. The predicted octanol–water partition coefficient (Wildman–Crippen LogP) is 4.24. The van der Waals surface area contributed by atoms with Crippen LogP contribution in [0.15, 0.2) is 37.3 Å². The molecule has 0 saturated heterocycles. The first-order chi connectivity index (χ1) is 9.74. The molecule has 3 aromatic rings. The number of aryl methyl sites for hydroxylation is 1. The molecule has 20 heavy (non-hydrogen) atoms. The summed E-state index contributed by atoms with van der Waals surface area (Å²) in [6.45, 7) is 5.90. The second kappa shape index (κ2) is 5.58. The minimum atomic E-state index is 0.544. The number of nitrogens with zero attached hydrogens (tertiary/aromatic N) is 4. The summed E-state index contributed by atoms with van der Waals surface area (Å²) in [6, 6.07) is 4.06. The maximum atomic E-state index is 4.56. The van der Waals surface area contributed by atoms with Crippen molar-refractivity contribution < 1.29 is 0 Å². The Morgan fingerprint density at radius 2 is 2.25 bits per heavy atom. The molecule has 0 spiro atoms. The molecule has 0 aliphatic rings. The van der Waals surface area contributed by atoms with E-state index in [4.69, 9.17) is 0 Å². The third-order valence-electron chi connectivity index (χ3n) is 3.18. The van der Waals surface area contributed by atoms with E-state index in [1.165, 1.54) is 0 Å². The van der Waals surface area contributed by atoms with Crippen molar-refractivity contribution in [3.05, 3.63) is 48.6 Å². The van der Waals surface area contributed by atoms with Crippen molar-refractivity contribution in [2.45, 2.75) is 6.92 Å². The van der Waals surface area contributed by atoms with E-state index < -0.39 is 0 Å². The normalized spacial score (nSPS) is 11.5. The van der Waals surface area contributed by atoms with Gasteiger partial charge in [-0.2, -0.15) is 5.10 Å². The standard InChI is InChI=1S/C14H12IN4P/c1-3-12-10-6-13(11-7-16-5-4-9(11)2)17-8-14(10)19(18-12)20-15/h3-8,20H,1H2,2H3. The highest BCUT2D eigenvalue weighted by atomic mass is 127. The molecule has 3 rings (SSSR count). The Morgan fingerprint density at radius 3 is 2.95 bits per heavy atom. The Labute approximate surface area is 131 Å². The fraction of sp³-hybridized carbons (Fsp3) is 0.0714. The van der Waals surface area contributed by atoms with Crippen molar-refractivity contribution in [3.8, 4) is 11.3 Å². The van der Waals surface area contributed by atoms with E-state index in [1.807, 2.05) is 22.9 Å². The molecule has 6 heteroatoms. The zero-order valence-corrected chi connectivity index (χ0v) is 14.0. The monoisotopic (exact) mass is 394 g/mol. The topological polar surface area (TPSA) is 43.6 Å². The summed E-state index contributed by atoms with van der Waals surface area (Å²) in [7, 11) is 0. The van der Waals surface area contributed by atoms with Crippen LogP contribution in [-0.4, -0.2) is 19.5 Å². The van der Waals surface area contributed by atoms with Gasteiger partial charge in [0.2, 0.25) is 0 Å². The molecule has 0 amide bonds. The third kappa shape index (κ3) is 2.25. The molecule has 100 valence electrons. The Hall–Kier alpha value is -1.33. The fourth-order valence-electron chi connectivity index (χ4n) is 2.13. The molecule has 0 N–H and O–H groups in total. The van der Waals surface area contributed by atoms with Crippen LogP contribution in [0.4, 0.5) is 0 Å². The highest BCUT2D eigenvalue weighted by Crippen LogP contribution is 2.32. The van der Waals surface area contributed by atoms with Gasteiger partial charge in [0.05, 0.1) is 29.5 Å². The van der Waals surface area contributed by atoms with Crippen LogP contribution in [0, 0.1) is 6.92 Å². The minimum absolute atomic E-state index is 0.544. The lowest BCUT2D eigenvalue weighted by molar-refractivity contribution is 1.03. The zero-order chi connectivity index (χ0) is 14.1. The van der Waals surface area contributed by atoms with Gasteiger partial charge >= 0.3 is 0 Å². The van der Waals surface area contributed by atoms with Gasteiger partial charge in [0, 0.05) is 23.3 Å². The SMILES string of the molecule is C=Cc1nn(PI)c2cnc(-c3cnccc3C)cc12. The minimum Gasteiger partial charge on any atom is -0.264 e. The predicted molar refractivity (Wildman–Crippen MR) is 93.3 cm³/mol. The number of hydrogen-bond donors (Lipinski definition) is 0. The molecule has 0 aliphatic carbocycles. The molecule has 0 bridgehead atoms. The summed E-state index contributed by atoms with van der Waals surface area (Å²) in [5.41, 5.74) is 5.07. The first kappa shape index (κ1) is 13.6. The molecule has 3 aromatic heterocycles. The summed E-state index contributed by atoms with van der Waals surface area (Å²) < 4.78 is 1.96. The molecule has 0 saturated carbocycles. The molecule has 1 atom stereocenters. The van der Waals surface area contributed by atoms with Crippen molar-refractivity contribution in [2.75, 3.05) is 0 Å². The summed E-state index contributed by atoms with van der Waals surface area (Å²) in [5, 5.41) is 5.61. The molecule has 0 aromatic carbocycles. The van der Waals surface area contributed by atoms with E-state index in [2.05, 4.69) is 56.7 Å². The third-order valence-corrected chi connectivity index (χ3v) is 5.06. The Kier molecular flexibility index (Phi) is 3.81. The van der Waals surface area contributed by atoms with E-state index in [0.29, 0.717) is 6.37 Å². The molecule has 0 radical (unpaired) electrons. The summed E-state index contributed by atoms with van der Waals surface area (Å²) in [4.78, 5) is 8.75. The van der Waals surface area contributed by atoms with E-state index in [1.54, 1.807) is 12.3 Å². The Bertz CT molecular complexity index is 797. The highest BCUT2D eigenvalue weighted by Gasteiger charge is 2.11. The van der Waals surface area contributed by atoms with Crippen LogP contribution in [0.25, 0.3) is 28.2 Å². The van der Waals surface area contributed by atoms with Crippen LogP contribution < -0.4 is 0 Å². The van der Waals surface area contributed by atoms with Crippen molar-refractivity contribution >= 4 is 45.4 Å². The van der Waals surface area contributed by atoms with E-state index in [-0.39, 0.29) is 0 Å². The molecule has 0 fully saturated rings. The van der Waals surface area contributed by atoms with Gasteiger partial charge < -0.3 is 0 Å². The van der Waals surface area contributed by atoms with Gasteiger partial charge in [0.15, 0.2) is 0 Å². The first-order valence-electron chi connectivity index (χ1n) is 6.03. The smallest absolute Gasteiger partial charge is 0.0928 e. The maximum Gasteiger partial charge on any atom is 0.0928 e. The van der Waals surface area contributed by atoms with Crippen LogP contribution >= 0.6 is 28.4 Å². The number of aromatic nitrogens is 4. The molecule has 3 heterocycles. The van der Waals surface area contributed by atoms with Crippen molar-refractivity contribution in [3.63, 3.8) is 0 Å². The maximum absolute atomic E-state index is 4.56. The molecular formula is C14H12IN4P. The van der Waals surface area contributed by atoms with E-state index >= 15 is 0 Å². The average molecular weight is 394 g/mol. The summed E-state index contributed by atoms with van der Waals surface area (Å²) >= 11 is 2.31. The van der Waals surface area contributed by atoms with E-state index in [0.717, 1.165) is 33.4 Å². The van der Waals surface area contributed by atoms with Crippen molar-refractivity contribution in [2.24, 2.45) is 0 Å². The van der Waals surface area contributed by atoms with Crippen LogP contribution in [0.3, 0.4) is 0 Å². The number of halogens is 1. The Morgan fingerprint density at radius 1 is 1.40 bits per heavy atom. The van der Waals surface area contributed by atoms with Crippen LogP contribution in [-0.2, 0) is 0 Å². The van der Waals surface area contributed by atoms with Gasteiger partial charge in [-0.15, -0.1) is 0 Å². The largest absolute Gasteiger partial charge is 0.264 e. The van der Waals surface area contributed by atoms with Gasteiger partial charge in [-0.05, 0) is 52.7 Å². The molecule has 4 nitrogen and oxygen atoms in total. The second-order valence-corrected chi connectivity index (χ2v) is 6.40.